The largest absolute Gasteiger partial charge is 0.334 e. The van der Waals surface area contributed by atoms with Crippen LogP contribution in [0.1, 0.15) is 12.6 Å². The lowest BCUT2D eigenvalue weighted by Gasteiger charge is -2.11. The monoisotopic (exact) mass is 337 g/mol. The van der Waals surface area contributed by atoms with Gasteiger partial charge in [-0.1, -0.05) is 41.7 Å². The van der Waals surface area contributed by atoms with Crippen LogP contribution in [0, 0.1) is 6.92 Å². The van der Waals surface area contributed by atoms with Crippen molar-refractivity contribution in [2.75, 3.05) is 17.3 Å². The van der Waals surface area contributed by atoms with E-state index >= 15 is 0 Å². The Morgan fingerprint density at radius 1 is 1.36 bits per heavy atom. The number of nitrogens with zero attached hydrogens (tertiary/aromatic N) is 1. The minimum Gasteiger partial charge on any atom is -0.334 e. The van der Waals surface area contributed by atoms with Crippen molar-refractivity contribution in [3.05, 3.63) is 36.0 Å². The van der Waals surface area contributed by atoms with Crippen LogP contribution in [0.2, 0.25) is 0 Å². The minimum absolute atomic E-state index is 0.152. The van der Waals surface area contributed by atoms with E-state index in [-0.39, 0.29) is 12.1 Å². The third-order valence-electron chi connectivity index (χ3n) is 2.92. The lowest BCUT2D eigenvalue weighted by Crippen LogP contribution is -2.39. The lowest BCUT2D eigenvalue weighted by atomic mass is 10.2. The molecule has 1 aromatic heterocycles. The topological polar surface area (TPSA) is 71.1 Å². The van der Waals surface area contributed by atoms with E-state index in [0.29, 0.717) is 10.9 Å². The van der Waals surface area contributed by atoms with Crippen molar-refractivity contribution in [1.82, 2.24) is 10.3 Å². The highest BCUT2D eigenvalue weighted by Gasteiger charge is 2.13. The van der Waals surface area contributed by atoms with E-state index in [1.165, 1.54) is 11.3 Å². The molecule has 1 heterocycles. The number of nitrogens with one attached hydrogen (secondary N) is 2. The van der Waals surface area contributed by atoms with Crippen LogP contribution < -0.4 is 10.6 Å². The standard InChI is InChI=1S/C15H19N3O2S2/c1-10(9-22(3)20)16-14(19)18-15-17-11(2)13(21-15)12-7-5-4-6-8-12/h4-8,10H,9H2,1-3H3,(H2,16,17,18,19)/t10-,22-/m1/s1. The molecule has 5 nitrogen and oxygen atoms in total. The van der Waals surface area contributed by atoms with E-state index in [4.69, 9.17) is 0 Å². The Morgan fingerprint density at radius 2 is 2.05 bits per heavy atom. The third-order valence-corrected chi connectivity index (χ3v) is 5.01. The van der Waals surface area contributed by atoms with Crippen LogP contribution in [-0.2, 0) is 10.8 Å². The molecule has 2 aromatic rings. The Labute approximate surface area is 136 Å². The molecule has 0 radical (unpaired) electrons. The average molecular weight is 337 g/mol. The van der Waals surface area contributed by atoms with Crippen LogP contribution in [0.5, 0.6) is 0 Å². The van der Waals surface area contributed by atoms with Crippen LogP contribution in [0.15, 0.2) is 30.3 Å². The molecule has 7 heteroatoms. The molecule has 22 heavy (non-hydrogen) atoms. The summed E-state index contributed by atoms with van der Waals surface area (Å²) in [6.07, 6.45) is 1.62. The summed E-state index contributed by atoms with van der Waals surface area (Å²) in [5.41, 5.74) is 1.97. The van der Waals surface area contributed by atoms with Gasteiger partial charge in [0.15, 0.2) is 5.13 Å². The van der Waals surface area contributed by atoms with Crippen molar-refractivity contribution < 1.29 is 9.00 Å². The van der Waals surface area contributed by atoms with Gasteiger partial charge in [-0.2, -0.15) is 0 Å². The first kappa shape index (κ1) is 16.6. The van der Waals surface area contributed by atoms with E-state index in [0.717, 1.165) is 16.1 Å². The molecule has 0 saturated heterocycles. The van der Waals surface area contributed by atoms with Gasteiger partial charge in [-0.15, -0.1) is 0 Å². The highest BCUT2D eigenvalue weighted by atomic mass is 32.2. The first-order valence-electron chi connectivity index (χ1n) is 6.86. The minimum atomic E-state index is -0.939. The molecule has 0 saturated carbocycles. The maximum atomic E-state index is 11.9. The summed E-state index contributed by atoms with van der Waals surface area (Å²) < 4.78 is 11.1. The number of carbonyl (C=O) groups is 1. The molecular weight excluding hydrogens is 318 g/mol. The summed E-state index contributed by atoms with van der Waals surface area (Å²) in [7, 11) is -0.939. The number of anilines is 1. The van der Waals surface area contributed by atoms with Gasteiger partial charge < -0.3 is 5.32 Å². The first-order chi connectivity index (χ1) is 10.5. The SMILES string of the molecule is Cc1nc(NC(=O)N[C@H](C)C[S@@](C)=O)sc1-c1ccccc1. The molecule has 2 amide bonds. The molecule has 1 aromatic carbocycles. The summed E-state index contributed by atoms with van der Waals surface area (Å²) in [6.45, 7) is 3.74. The van der Waals surface area contributed by atoms with Gasteiger partial charge in [0.2, 0.25) is 0 Å². The van der Waals surface area contributed by atoms with Gasteiger partial charge >= 0.3 is 6.03 Å². The second-order valence-electron chi connectivity index (χ2n) is 5.04. The van der Waals surface area contributed by atoms with Crippen molar-refractivity contribution in [2.45, 2.75) is 19.9 Å². The van der Waals surface area contributed by atoms with Crippen molar-refractivity contribution in [2.24, 2.45) is 0 Å². The Kier molecular flexibility index (Phi) is 5.68. The molecule has 0 aliphatic carbocycles. The molecule has 118 valence electrons. The van der Waals surface area contributed by atoms with Gasteiger partial charge in [0.25, 0.3) is 0 Å². The van der Waals surface area contributed by atoms with Crippen LogP contribution in [0.4, 0.5) is 9.93 Å². The van der Waals surface area contributed by atoms with Crippen molar-refractivity contribution in [3.63, 3.8) is 0 Å². The number of carbonyl (C=O) groups excluding carboxylic acids is 1. The zero-order valence-corrected chi connectivity index (χ0v) is 14.4. The van der Waals surface area contributed by atoms with E-state index in [9.17, 15) is 9.00 Å². The maximum absolute atomic E-state index is 11.9. The Balaban J connectivity index is 2.02. The van der Waals surface area contributed by atoms with Crippen molar-refractivity contribution in [1.29, 1.82) is 0 Å². The predicted molar refractivity (Wildman–Crippen MR) is 92.8 cm³/mol. The quantitative estimate of drug-likeness (QED) is 0.881. The van der Waals surface area contributed by atoms with E-state index < -0.39 is 10.8 Å². The Bertz CT molecular complexity index is 671. The van der Waals surface area contributed by atoms with Crippen LogP contribution in [-0.4, -0.2) is 33.3 Å². The highest BCUT2D eigenvalue weighted by Crippen LogP contribution is 2.32. The molecule has 2 atom stereocenters. The molecule has 0 bridgehead atoms. The van der Waals surface area contributed by atoms with Gasteiger partial charge in [0, 0.05) is 28.9 Å². The fraction of sp³-hybridized carbons (Fsp3) is 0.333. The summed E-state index contributed by atoms with van der Waals surface area (Å²) >= 11 is 1.44. The normalized spacial score (nSPS) is 13.4. The van der Waals surface area contributed by atoms with Crippen molar-refractivity contribution >= 4 is 33.3 Å². The van der Waals surface area contributed by atoms with Crippen LogP contribution >= 0.6 is 11.3 Å². The summed E-state index contributed by atoms with van der Waals surface area (Å²) in [5, 5.41) is 6.04. The highest BCUT2D eigenvalue weighted by molar-refractivity contribution is 7.84. The molecule has 2 N–H and O–H groups in total. The summed E-state index contributed by atoms with van der Waals surface area (Å²) in [5.74, 6) is 0.430. The number of aryl methyl sites for hydroxylation is 1. The molecular formula is C15H19N3O2S2. The molecule has 0 fully saturated rings. The first-order valence-corrected chi connectivity index (χ1v) is 9.40. The number of urea groups is 1. The molecule has 0 aliphatic rings. The summed E-state index contributed by atoms with van der Waals surface area (Å²) in [4.78, 5) is 17.3. The molecule has 2 rings (SSSR count). The fourth-order valence-electron chi connectivity index (χ4n) is 2.06. The van der Waals surface area contributed by atoms with Gasteiger partial charge in [-0.05, 0) is 19.4 Å². The Hall–Kier alpha value is -1.73. The number of amides is 2. The van der Waals surface area contributed by atoms with E-state index in [1.807, 2.05) is 44.2 Å². The van der Waals surface area contributed by atoms with Crippen LogP contribution in [0.3, 0.4) is 0 Å². The van der Waals surface area contributed by atoms with Gasteiger partial charge in [0.1, 0.15) is 0 Å². The fourth-order valence-corrected chi connectivity index (χ4v) is 3.81. The molecule has 0 aliphatic heterocycles. The number of benzene rings is 1. The zero-order chi connectivity index (χ0) is 16.1. The van der Waals surface area contributed by atoms with Crippen LogP contribution in [0.25, 0.3) is 10.4 Å². The lowest BCUT2D eigenvalue weighted by molar-refractivity contribution is 0.250. The second-order valence-corrected chi connectivity index (χ2v) is 7.52. The molecule has 0 spiro atoms. The zero-order valence-electron chi connectivity index (χ0n) is 12.8. The van der Waals surface area contributed by atoms with Gasteiger partial charge in [-0.3, -0.25) is 9.53 Å². The van der Waals surface area contributed by atoms with Crippen molar-refractivity contribution in [3.8, 4) is 10.4 Å². The van der Waals surface area contributed by atoms with E-state index in [1.54, 1.807) is 6.26 Å². The predicted octanol–water partition coefficient (Wildman–Crippen LogP) is 3.01. The van der Waals surface area contributed by atoms with Gasteiger partial charge in [0.05, 0.1) is 10.6 Å². The number of aromatic nitrogens is 1. The number of hydrogen-bond donors (Lipinski definition) is 2. The second kappa shape index (κ2) is 7.51. The average Bonchev–Trinajstić information content (AvgIpc) is 2.79. The Morgan fingerprint density at radius 3 is 2.68 bits per heavy atom. The summed E-state index contributed by atoms with van der Waals surface area (Å²) in [6, 6.07) is 9.46. The van der Waals surface area contributed by atoms with Gasteiger partial charge in [-0.25, -0.2) is 9.78 Å². The number of thiazole rings is 1. The third kappa shape index (κ3) is 4.64. The molecule has 0 unspecified atom stereocenters. The number of rotatable bonds is 5. The smallest absolute Gasteiger partial charge is 0.321 e. The number of hydrogen-bond acceptors (Lipinski definition) is 4. The maximum Gasteiger partial charge on any atom is 0.321 e. The van der Waals surface area contributed by atoms with E-state index in [2.05, 4.69) is 15.6 Å².